The fourth-order valence-electron chi connectivity index (χ4n) is 3.09. The van der Waals surface area contributed by atoms with E-state index in [1.807, 2.05) is 0 Å². The molecule has 0 spiro atoms. The Morgan fingerprint density at radius 2 is 2.14 bits per heavy atom. The van der Waals surface area contributed by atoms with Crippen molar-refractivity contribution in [1.29, 1.82) is 0 Å². The molecule has 12 heteroatoms. The number of ether oxygens (including phenoxy) is 4. The minimum atomic E-state index is -3.83. The molecule has 29 heavy (non-hydrogen) atoms. The highest BCUT2D eigenvalue weighted by atomic mass is 32.2. The predicted molar refractivity (Wildman–Crippen MR) is 102 cm³/mol. The van der Waals surface area contributed by atoms with Crippen LogP contribution in [0.2, 0.25) is 0 Å². The number of methoxy groups -OCH3 is 1. The van der Waals surface area contributed by atoms with Crippen LogP contribution < -0.4 is 14.2 Å². The van der Waals surface area contributed by atoms with Gasteiger partial charge in [-0.1, -0.05) is 6.07 Å². The van der Waals surface area contributed by atoms with E-state index in [-0.39, 0.29) is 53.5 Å². The molecular weight excluding hydrogens is 424 g/mol. The highest BCUT2D eigenvalue weighted by Gasteiger charge is 2.33. The Morgan fingerprint density at radius 3 is 2.86 bits per heavy atom. The lowest BCUT2D eigenvalue weighted by molar-refractivity contribution is 0.0142. The second-order valence-electron chi connectivity index (χ2n) is 6.24. The molecule has 1 atom stereocenters. The highest BCUT2D eigenvalue weighted by molar-refractivity contribution is 7.94. The Morgan fingerprint density at radius 1 is 1.34 bits per heavy atom. The number of phenols is 1. The Bertz CT molecular complexity index is 1020. The van der Waals surface area contributed by atoms with Gasteiger partial charge in [0.25, 0.3) is 10.0 Å². The van der Waals surface area contributed by atoms with Crippen molar-refractivity contribution in [2.24, 2.45) is 0 Å². The number of sulfonamides is 1. The summed E-state index contributed by atoms with van der Waals surface area (Å²) in [6.45, 7) is 0.167. The number of anilines is 1. The first-order valence-electron chi connectivity index (χ1n) is 8.57. The maximum atomic E-state index is 12.6. The second-order valence-corrected chi connectivity index (χ2v) is 9.10. The zero-order chi connectivity index (χ0) is 20.6. The number of rotatable bonds is 7. The van der Waals surface area contributed by atoms with Gasteiger partial charge < -0.3 is 24.1 Å². The molecule has 2 aliphatic heterocycles. The number of cyclic esters (lactones) is 1. The lowest BCUT2D eigenvalue weighted by Gasteiger charge is -2.20. The molecule has 4 rings (SSSR count). The number of benzene rings is 1. The highest BCUT2D eigenvalue weighted by Crippen LogP contribution is 2.48. The van der Waals surface area contributed by atoms with Crippen LogP contribution in [0.4, 0.5) is 10.5 Å². The third-order valence-electron chi connectivity index (χ3n) is 4.53. The number of nitrogens with one attached hydrogen (secondary N) is 1. The third-order valence-corrected chi connectivity index (χ3v) is 7.29. The topological polar surface area (TPSA) is 124 Å². The summed E-state index contributed by atoms with van der Waals surface area (Å²) in [5, 5.41) is 12.2. The molecule has 1 amide bonds. The van der Waals surface area contributed by atoms with Crippen molar-refractivity contribution in [3.8, 4) is 17.2 Å². The summed E-state index contributed by atoms with van der Waals surface area (Å²) < 4.78 is 48.7. The van der Waals surface area contributed by atoms with Gasteiger partial charge in [0.05, 0.1) is 5.69 Å². The zero-order valence-electron chi connectivity index (χ0n) is 15.3. The van der Waals surface area contributed by atoms with Crippen molar-refractivity contribution in [3.05, 3.63) is 29.1 Å². The summed E-state index contributed by atoms with van der Waals surface area (Å²) >= 11 is 1.08. The van der Waals surface area contributed by atoms with Crippen molar-refractivity contribution in [2.45, 2.75) is 16.9 Å². The van der Waals surface area contributed by atoms with Gasteiger partial charge in [0.15, 0.2) is 17.7 Å². The number of nitrogens with zero attached hydrogens (tertiary/aromatic N) is 1. The van der Waals surface area contributed by atoms with Gasteiger partial charge in [0.2, 0.25) is 12.5 Å². The molecule has 156 valence electrons. The summed E-state index contributed by atoms with van der Waals surface area (Å²) in [4.78, 5) is 13.2. The first-order valence-corrected chi connectivity index (χ1v) is 10.9. The van der Waals surface area contributed by atoms with E-state index in [4.69, 9.17) is 18.9 Å². The Kier molecular flexibility index (Phi) is 5.15. The molecule has 0 radical (unpaired) electrons. The fourth-order valence-corrected chi connectivity index (χ4v) is 5.14. The summed E-state index contributed by atoms with van der Waals surface area (Å²) in [5.74, 6) is -0.00139. The van der Waals surface area contributed by atoms with Gasteiger partial charge in [0, 0.05) is 19.2 Å². The number of phenolic OH excluding ortho intramolecular Hbond substituents is 1. The Balaban J connectivity index is 1.62. The van der Waals surface area contributed by atoms with Gasteiger partial charge in [-0.15, -0.1) is 11.3 Å². The van der Waals surface area contributed by atoms with Gasteiger partial charge in [-0.3, -0.25) is 9.62 Å². The third kappa shape index (κ3) is 3.66. The summed E-state index contributed by atoms with van der Waals surface area (Å²) in [6.07, 6.45) is -0.823. The van der Waals surface area contributed by atoms with E-state index in [9.17, 15) is 18.3 Å². The quantitative estimate of drug-likeness (QED) is 0.624. The van der Waals surface area contributed by atoms with Crippen molar-refractivity contribution in [3.63, 3.8) is 0 Å². The molecule has 1 aromatic heterocycles. The van der Waals surface area contributed by atoms with Crippen LogP contribution >= 0.6 is 11.3 Å². The van der Waals surface area contributed by atoms with Crippen LogP contribution in [0.25, 0.3) is 0 Å². The zero-order valence-corrected chi connectivity index (χ0v) is 16.9. The summed E-state index contributed by atoms with van der Waals surface area (Å²) in [5.41, 5.74) is 0.527. The second kappa shape index (κ2) is 7.61. The lowest BCUT2D eigenvalue weighted by Crippen LogP contribution is -2.36. The molecule has 10 nitrogen and oxygen atoms in total. The SMILES string of the molecule is COC1COC(=O)N1CCc1cc(NS(=O)(=O)c2cccs2)c2c(c1O)OCO2. The van der Waals surface area contributed by atoms with E-state index in [2.05, 4.69) is 4.72 Å². The molecule has 2 aromatic rings. The van der Waals surface area contributed by atoms with Crippen LogP contribution in [-0.4, -0.2) is 57.8 Å². The molecule has 1 saturated heterocycles. The number of amides is 1. The van der Waals surface area contributed by atoms with Crippen molar-refractivity contribution in [2.75, 3.05) is 31.8 Å². The molecule has 3 heterocycles. The van der Waals surface area contributed by atoms with Gasteiger partial charge >= 0.3 is 6.09 Å². The maximum Gasteiger partial charge on any atom is 0.412 e. The van der Waals surface area contributed by atoms with E-state index in [1.54, 1.807) is 11.4 Å². The normalized spacial score (nSPS) is 18.2. The van der Waals surface area contributed by atoms with Crippen LogP contribution in [0.15, 0.2) is 27.8 Å². The predicted octanol–water partition coefficient (Wildman–Crippen LogP) is 1.95. The number of thiophene rings is 1. The van der Waals surface area contributed by atoms with E-state index >= 15 is 0 Å². The molecule has 2 aliphatic rings. The standard InChI is InChI=1S/C17H18N2O8S2/c1-24-12-8-25-17(21)19(12)5-4-10-7-11(15-16(14(10)20)27-9-26-15)18-29(22,23)13-3-2-6-28-13/h2-3,6-7,12,18,20H,4-5,8-9H2,1H3. The van der Waals surface area contributed by atoms with E-state index in [0.717, 1.165) is 11.3 Å². The number of fused-ring (bicyclic) bond motifs is 1. The van der Waals surface area contributed by atoms with Crippen LogP contribution in [-0.2, 0) is 25.9 Å². The van der Waals surface area contributed by atoms with Crippen molar-refractivity contribution < 1.29 is 37.3 Å². The van der Waals surface area contributed by atoms with Gasteiger partial charge in [-0.2, -0.15) is 0 Å². The average Bonchev–Trinajstić information content (AvgIpc) is 3.44. The van der Waals surface area contributed by atoms with Crippen molar-refractivity contribution in [1.82, 2.24) is 4.90 Å². The number of aromatic hydroxyl groups is 1. The fraction of sp³-hybridized carbons (Fsp3) is 0.353. The largest absolute Gasteiger partial charge is 0.504 e. The summed E-state index contributed by atoms with van der Waals surface area (Å²) in [6, 6.07) is 4.58. The summed E-state index contributed by atoms with van der Waals surface area (Å²) in [7, 11) is -2.36. The lowest BCUT2D eigenvalue weighted by atomic mass is 10.1. The molecule has 2 N–H and O–H groups in total. The number of carbonyl (C=O) groups is 1. The van der Waals surface area contributed by atoms with Gasteiger partial charge in [0.1, 0.15) is 10.8 Å². The first kappa shape index (κ1) is 19.6. The molecule has 1 unspecified atom stereocenters. The van der Waals surface area contributed by atoms with Crippen molar-refractivity contribution >= 4 is 33.1 Å². The number of carbonyl (C=O) groups excluding carboxylic acids is 1. The van der Waals surface area contributed by atoms with E-state index in [1.165, 1.54) is 24.1 Å². The Labute approximate surface area is 170 Å². The molecule has 1 fully saturated rings. The van der Waals surface area contributed by atoms with Crippen LogP contribution in [0.5, 0.6) is 17.2 Å². The number of hydrogen-bond acceptors (Lipinski definition) is 9. The van der Waals surface area contributed by atoms with Crippen LogP contribution in [0, 0.1) is 0 Å². The first-order chi connectivity index (χ1) is 13.9. The van der Waals surface area contributed by atoms with Crippen LogP contribution in [0.3, 0.4) is 0 Å². The van der Waals surface area contributed by atoms with Gasteiger partial charge in [-0.25, -0.2) is 13.2 Å². The van der Waals surface area contributed by atoms with Crippen LogP contribution in [0.1, 0.15) is 5.56 Å². The monoisotopic (exact) mass is 442 g/mol. The van der Waals surface area contributed by atoms with E-state index < -0.39 is 22.3 Å². The molecule has 1 aromatic carbocycles. The van der Waals surface area contributed by atoms with Gasteiger partial charge in [-0.05, 0) is 23.9 Å². The average molecular weight is 442 g/mol. The minimum absolute atomic E-state index is 0.0543. The van der Waals surface area contributed by atoms with E-state index in [0.29, 0.717) is 5.56 Å². The molecular formula is C17H18N2O8S2. The molecule has 0 saturated carbocycles. The Hall–Kier alpha value is -2.70. The minimum Gasteiger partial charge on any atom is -0.504 e. The maximum absolute atomic E-state index is 12.6. The molecule has 0 bridgehead atoms. The number of hydrogen-bond donors (Lipinski definition) is 2. The smallest absolute Gasteiger partial charge is 0.412 e. The molecule has 0 aliphatic carbocycles.